The zero-order chi connectivity index (χ0) is 8.81. The molecule has 0 fully saturated rings. The molecule has 0 aliphatic rings. The topological polar surface area (TPSA) is 0 Å². The molecular formula is C10H12ClF. The van der Waals surface area contributed by atoms with Gasteiger partial charge in [-0.1, -0.05) is 41.9 Å². The number of hydrogen-bond donors (Lipinski definition) is 0. The summed E-state index contributed by atoms with van der Waals surface area (Å²) in [4.78, 5) is 0. The highest BCUT2D eigenvalue weighted by Gasteiger charge is 1.99. The van der Waals surface area contributed by atoms with Crippen molar-refractivity contribution in [3.05, 3.63) is 35.9 Å². The Kier molecular flexibility index (Phi) is 4.09. The number of aryl methyl sites for hydroxylation is 1. The van der Waals surface area contributed by atoms with Crippen molar-refractivity contribution in [1.82, 2.24) is 0 Å². The second-order valence-corrected chi connectivity index (χ2v) is 3.24. The highest BCUT2D eigenvalue weighted by molar-refractivity contribution is 6.19. The van der Waals surface area contributed by atoms with Crippen LogP contribution in [-0.4, -0.2) is 5.63 Å². The quantitative estimate of drug-likeness (QED) is 0.631. The van der Waals surface area contributed by atoms with Crippen molar-refractivity contribution in [2.24, 2.45) is 0 Å². The van der Waals surface area contributed by atoms with E-state index in [4.69, 9.17) is 11.6 Å². The Morgan fingerprint density at radius 3 is 2.50 bits per heavy atom. The summed E-state index contributed by atoms with van der Waals surface area (Å²) in [5, 5.41) is 0. The van der Waals surface area contributed by atoms with Crippen molar-refractivity contribution >= 4 is 11.6 Å². The van der Waals surface area contributed by atoms with Crippen LogP contribution >= 0.6 is 11.6 Å². The molecule has 2 heteroatoms. The van der Waals surface area contributed by atoms with Crippen LogP contribution in [0.4, 0.5) is 4.39 Å². The molecule has 12 heavy (non-hydrogen) atoms. The summed E-state index contributed by atoms with van der Waals surface area (Å²) >= 11 is 5.18. The van der Waals surface area contributed by atoms with E-state index in [0.29, 0.717) is 6.42 Å². The predicted molar refractivity (Wildman–Crippen MR) is 50.1 cm³/mol. The number of hydrogen-bond acceptors (Lipinski definition) is 0. The van der Waals surface area contributed by atoms with Gasteiger partial charge in [-0.05, 0) is 24.8 Å². The normalized spacial score (nSPS) is 12.8. The van der Waals surface area contributed by atoms with E-state index in [1.165, 1.54) is 5.56 Å². The summed E-state index contributed by atoms with van der Waals surface area (Å²) in [5.41, 5.74) is 0.0588. The van der Waals surface area contributed by atoms with E-state index in [1.54, 1.807) is 0 Å². The van der Waals surface area contributed by atoms with Crippen molar-refractivity contribution < 1.29 is 4.39 Å². The number of benzene rings is 1. The fourth-order valence-corrected chi connectivity index (χ4v) is 1.26. The van der Waals surface area contributed by atoms with Gasteiger partial charge in [0.2, 0.25) is 0 Å². The first-order valence-electron chi connectivity index (χ1n) is 4.11. The van der Waals surface area contributed by atoms with E-state index in [0.717, 1.165) is 12.8 Å². The zero-order valence-electron chi connectivity index (χ0n) is 6.84. The Labute approximate surface area is 77.4 Å². The monoisotopic (exact) mass is 186 g/mol. The molecule has 0 aliphatic heterocycles. The maximum Gasteiger partial charge on any atom is 0.173 e. The lowest BCUT2D eigenvalue weighted by molar-refractivity contribution is 0.412. The van der Waals surface area contributed by atoms with Gasteiger partial charge in [0.25, 0.3) is 0 Å². The van der Waals surface area contributed by atoms with Crippen molar-refractivity contribution in [2.45, 2.75) is 24.9 Å². The van der Waals surface area contributed by atoms with E-state index < -0.39 is 5.63 Å². The molecule has 0 N–H and O–H groups in total. The maximum atomic E-state index is 12.2. The lowest BCUT2D eigenvalue weighted by Gasteiger charge is -2.00. The highest BCUT2D eigenvalue weighted by atomic mass is 35.5. The molecule has 0 aliphatic carbocycles. The van der Waals surface area contributed by atoms with Gasteiger partial charge in [0.05, 0.1) is 0 Å². The van der Waals surface area contributed by atoms with Gasteiger partial charge < -0.3 is 0 Å². The summed E-state index contributed by atoms with van der Waals surface area (Å²) in [6.45, 7) is 0. The first-order valence-corrected chi connectivity index (χ1v) is 4.55. The Morgan fingerprint density at radius 2 is 1.92 bits per heavy atom. The van der Waals surface area contributed by atoms with Crippen LogP contribution in [0.1, 0.15) is 18.4 Å². The molecule has 1 rings (SSSR count). The summed E-state index contributed by atoms with van der Waals surface area (Å²) in [7, 11) is 0. The molecule has 1 atom stereocenters. The summed E-state index contributed by atoms with van der Waals surface area (Å²) < 4.78 is 12.2. The second-order valence-electron chi connectivity index (χ2n) is 2.77. The molecule has 1 aromatic carbocycles. The molecular weight excluding hydrogens is 175 g/mol. The van der Waals surface area contributed by atoms with Crippen molar-refractivity contribution in [1.29, 1.82) is 0 Å². The lowest BCUT2D eigenvalue weighted by Crippen LogP contribution is -1.91. The Morgan fingerprint density at radius 1 is 1.25 bits per heavy atom. The van der Waals surface area contributed by atoms with Gasteiger partial charge >= 0.3 is 0 Å². The molecule has 0 aromatic heterocycles. The highest BCUT2D eigenvalue weighted by Crippen LogP contribution is 2.10. The fourth-order valence-electron chi connectivity index (χ4n) is 1.11. The molecule has 0 nitrogen and oxygen atoms in total. The van der Waals surface area contributed by atoms with E-state index in [9.17, 15) is 4.39 Å². The average molecular weight is 187 g/mol. The molecule has 1 unspecified atom stereocenters. The van der Waals surface area contributed by atoms with Gasteiger partial charge in [0.1, 0.15) is 0 Å². The lowest BCUT2D eigenvalue weighted by atomic mass is 10.1. The van der Waals surface area contributed by atoms with Gasteiger partial charge in [-0.15, -0.1) is 0 Å². The molecule has 0 saturated carbocycles. The minimum Gasteiger partial charge on any atom is -0.230 e. The van der Waals surface area contributed by atoms with Crippen LogP contribution in [-0.2, 0) is 6.42 Å². The Bertz CT molecular complexity index is 208. The van der Waals surface area contributed by atoms with Gasteiger partial charge in [0.15, 0.2) is 5.63 Å². The molecule has 0 radical (unpaired) electrons. The van der Waals surface area contributed by atoms with E-state index in [1.807, 2.05) is 30.3 Å². The van der Waals surface area contributed by atoms with Crippen LogP contribution in [0.15, 0.2) is 30.3 Å². The van der Waals surface area contributed by atoms with Crippen molar-refractivity contribution in [3.63, 3.8) is 0 Å². The molecule has 0 spiro atoms. The zero-order valence-corrected chi connectivity index (χ0v) is 7.60. The average Bonchev–Trinajstić information content (AvgIpc) is 2.05. The van der Waals surface area contributed by atoms with Crippen LogP contribution in [0.2, 0.25) is 0 Å². The van der Waals surface area contributed by atoms with Gasteiger partial charge in [-0.3, -0.25) is 0 Å². The molecule has 1 aromatic rings. The summed E-state index contributed by atoms with van der Waals surface area (Å²) in [6, 6.07) is 10.0. The van der Waals surface area contributed by atoms with E-state index in [-0.39, 0.29) is 0 Å². The van der Waals surface area contributed by atoms with E-state index in [2.05, 4.69) is 0 Å². The predicted octanol–water partition coefficient (Wildman–Crippen LogP) is 3.54. The number of halogens is 2. The first-order chi connectivity index (χ1) is 5.79. The van der Waals surface area contributed by atoms with Crippen LogP contribution in [0, 0.1) is 0 Å². The Hall–Kier alpha value is -0.560. The molecule has 66 valence electrons. The first kappa shape index (κ1) is 9.53. The second kappa shape index (κ2) is 5.15. The third-order valence-electron chi connectivity index (χ3n) is 1.73. The SMILES string of the molecule is FC(Cl)CCCc1ccccc1. The van der Waals surface area contributed by atoms with Gasteiger partial charge in [-0.25, -0.2) is 4.39 Å². The van der Waals surface area contributed by atoms with Crippen LogP contribution < -0.4 is 0 Å². The van der Waals surface area contributed by atoms with Gasteiger partial charge in [0, 0.05) is 0 Å². The minimum absolute atomic E-state index is 0.441. The molecule has 0 heterocycles. The third kappa shape index (κ3) is 3.72. The van der Waals surface area contributed by atoms with Crippen LogP contribution in [0.3, 0.4) is 0 Å². The van der Waals surface area contributed by atoms with Crippen molar-refractivity contribution in [3.8, 4) is 0 Å². The van der Waals surface area contributed by atoms with E-state index >= 15 is 0 Å². The fraction of sp³-hybridized carbons (Fsp3) is 0.400. The molecule has 0 bridgehead atoms. The third-order valence-corrected chi connectivity index (χ3v) is 1.95. The van der Waals surface area contributed by atoms with Gasteiger partial charge in [-0.2, -0.15) is 0 Å². The number of alkyl halides is 2. The van der Waals surface area contributed by atoms with Crippen molar-refractivity contribution in [2.75, 3.05) is 0 Å². The molecule has 0 amide bonds. The number of rotatable bonds is 4. The standard InChI is InChI=1S/C10H12ClF/c11-10(12)8-4-7-9-5-2-1-3-6-9/h1-3,5-6,10H,4,7-8H2. The summed E-state index contributed by atoms with van der Waals surface area (Å²) in [6.07, 6.45) is 2.17. The molecule has 0 saturated heterocycles. The maximum absolute atomic E-state index is 12.2. The van der Waals surface area contributed by atoms with Crippen LogP contribution in [0.25, 0.3) is 0 Å². The smallest absolute Gasteiger partial charge is 0.173 e. The minimum atomic E-state index is -1.19. The Balaban J connectivity index is 2.25. The summed E-state index contributed by atoms with van der Waals surface area (Å²) in [5.74, 6) is 0. The van der Waals surface area contributed by atoms with Crippen LogP contribution in [0.5, 0.6) is 0 Å². The largest absolute Gasteiger partial charge is 0.230 e.